The van der Waals surface area contributed by atoms with E-state index in [0.717, 1.165) is 11.1 Å². The van der Waals surface area contributed by atoms with E-state index in [1.807, 2.05) is 42.5 Å². The van der Waals surface area contributed by atoms with E-state index in [4.69, 9.17) is 10.5 Å². The zero-order valence-corrected chi connectivity index (χ0v) is 13.1. The van der Waals surface area contributed by atoms with E-state index in [0.29, 0.717) is 11.4 Å². The zero-order valence-electron chi connectivity index (χ0n) is 13.1. The second kappa shape index (κ2) is 7.08. The van der Waals surface area contributed by atoms with Gasteiger partial charge >= 0.3 is 0 Å². The van der Waals surface area contributed by atoms with E-state index in [2.05, 4.69) is 10.2 Å². The summed E-state index contributed by atoms with van der Waals surface area (Å²) in [6.07, 6.45) is 0. The summed E-state index contributed by atoms with van der Waals surface area (Å²) in [5.74, 6) is 0.0117. The second-order valence-corrected chi connectivity index (χ2v) is 5.22. The third-order valence-corrected chi connectivity index (χ3v) is 3.60. The molecule has 0 saturated carbocycles. The maximum atomic E-state index is 9.99. The number of rotatable bonds is 3. The van der Waals surface area contributed by atoms with Gasteiger partial charge in [-0.2, -0.15) is 15.6 Å². The molecule has 118 valence electrons. The van der Waals surface area contributed by atoms with Gasteiger partial charge in [-0.25, -0.2) is 0 Å². The van der Waals surface area contributed by atoms with Gasteiger partial charge < -0.3 is 5.11 Å². The van der Waals surface area contributed by atoms with E-state index in [1.54, 1.807) is 24.3 Å². The Labute approximate surface area is 144 Å². The number of aromatic hydroxyl groups is 1. The fraction of sp³-hybridized carbons (Fsp3) is 0. The van der Waals surface area contributed by atoms with Crippen LogP contribution in [-0.4, -0.2) is 5.11 Å². The molecule has 0 radical (unpaired) electrons. The number of benzene rings is 3. The predicted molar refractivity (Wildman–Crippen MR) is 93.6 cm³/mol. The first kappa shape index (κ1) is 15.9. The molecule has 0 saturated heterocycles. The first-order chi connectivity index (χ1) is 12.2. The average molecular weight is 324 g/mol. The van der Waals surface area contributed by atoms with Crippen LogP contribution in [0.25, 0.3) is 11.1 Å². The first-order valence-electron chi connectivity index (χ1n) is 7.45. The standard InChI is InChI=1S/C20H12N4O/c21-12-16-6-8-18(10-17(16)13-22)23-24-19-11-15(7-9-20(19)25)14-4-2-1-3-5-14/h1-11,25H. The summed E-state index contributed by atoms with van der Waals surface area (Å²) in [6.45, 7) is 0. The molecule has 0 aliphatic carbocycles. The van der Waals surface area contributed by atoms with Crippen molar-refractivity contribution < 1.29 is 5.11 Å². The predicted octanol–water partition coefficient (Wildman–Crippen LogP) is 5.22. The second-order valence-electron chi connectivity index (χ2n) is 5.22. The number of hydrogen-bond acceptors (Lipinski definition) is 5. The average Bonchev–Trinajstić information content (AvgIpc) is 2.67. The Balaban J connectivity index is 1.94. The third kappa shape index (κ3) is 3.52. The monoisotopic (exact) mass is 324 g/mol. The lowest BCUT2D eigenvalue weighted by Gasteiger charge is -2.04. The van der Waals surface area contributed by atoms with Gasteiger partial charge in [0.15, 0.2) is 0 Å². The van der Waals surface area contributed by atoms with Crippen LogP contribution in [0, 0.1) is 22.7 Å². The smallest absolute Gasteiger partial charge is 0.143 e. The van der Waals surface area contributed by atoms with Crippen LogP contribution in [-0.2, 0) is 0 Å². The molecule has 5 nitrogen and oxygen atoms in total. The number of phenolic OH excluding ortho intramolecular Hbond substituents is 1. The minimum absolute atomic E-state index is 0.0117. The molecule has 0 bridgehead atoms. The lowest BCUT2D eigenvalue weighted by atomic mass is 10.1. The fourth-order valence-electron chi connectivity index (χ4n) is 2.31. The van der Waals surface area contributed by atoms with Gasteiger partial charge in [-0.3, -0.25) is 0 Å². The van der Waals surface area contributed by atoms with Crippen molar-refractivity contribution >= 4 is 11.4 Å². The molecule has 1 N–H and O–H groups in total. The Morgan fingerprint density at radius 3 is 2.20 bits per heavy atom. The molecule has 5 heteroatoms. The van der Waals surface area contributed by atoms with Crippen LogP contribution >= 0.6 is 0 Å². The number of hydrogen-bond donors (Lipinski definition) is 1. The van der Waals surface area contributed by atoms with Crippen molar-refractivity contribution in [1.82, 2.24) is 0 Å². The fourth-order valence-corrected chi connectivity index (χ4v) is 2.31. The SMILES string of the molecule is N#Cc1ccc(N=Nc2cc(-c3ccccc3)ccc2O)cc1C#N. The molecule has 3 rings (SSSR count). The van der Waals surface area contributed by atoms with Gasteiger partial charge in [0.05, 0.1) is 16.8 Å². The van der Waals surface area contributed by atoms with Gasteiger partial charge in [0.1, 0.15) is 23.6 Å². The minimum atomic E-state index is 0.0117. The topological polar surface area (TPSA) is 92.5 Å². The molecule has 0 aliphatic rings. The van der Waals surface area contributed by atoms with Crippen LogP contribution in [0.4, 0.5) is 11.4 Å². The van der Waals surface area contributed by atoms with Crippen molar-refractivity contribution in [2.24, 2.45) is 10.2 Å². The Bertz CT molecular complexity index is 1030. The van der Waals surface area contributed by atoms with E-state index in [9.17, 15) is 5.11 Å². The summed E-state index contributed by atoms with van der Waals surface area (Å²) in [7, 11) is 0. The molecule has 3 aromatic carbocycles. The first-order valence-corrected chi connectivity index (χ1v) is 7.45. The highest BCUT2D eigenvalue weighted by atomic mass is 16.3. The van der Waals surface area contributed by atoms with Gasteiger partial charge in [0.25, 0.3) is 0 Å². The van der Waals surface area contributed by atoms with Crippen molar-refractivity contribution in [1.29, 1.82) is 10.5 Å². The van der Waals surface area contributed by atoms with Crippen molar-refractivity contribution in [2.45, 2.75) is 0 Å². The zero-order chi connectivity index (χ0) is 17.6. The molecule has 0 spiro atoms. The quantitative estimate of drug-likeness (QED) is 0.669. The number of phenols is 1. The van der Waals surface area contributed by atoms with Crippen molar-refractivity contribution in [3.8, 4) is 29.0 Å². The van der Waals surface area contributed by atoms with Crippen LogP contribution in [0.3, 0.4) is 0 Å². The van der Waals surface area contributed by atoms with E-state index < -0.39 is 0 Å². The van der Waals surface area contributed by atoms with E-state index in [1.165, 1.54) is 12.1 Å². The Kier molecular flexibility index (Phi) is 4.51. The maximum Gasteiger partial charge on any atom is 0.143 e. The molecular weight excluding hydrogens is 312 g/mol. The van der Waals surface area contributed by atoms with Gasteiger partial charge in [-0.1, -0.05) is 36.4 Å². The highest BCUT2D eigenvalue weighted by Crippen LogP contribution is 2.33. The Hall–Kier alpha value is -3.96. The number of nitriles is 2. The van der Waals surface area contributed by atoms with Crippen LogP contribution in [0.2, 0.25) is 0 Å². The maximum absolute atomic E-state index is 9.99. The minimum Gasteiger partial charge on any atom is -0.506 e. The Morgan fingerprint density at radius 2 is 1.48 bits per heavy atom. The molecule has 25 heavy (non-hydrogen) atoms. The van der Waals surface area contributed by atoms with Crippen molar-refractivity contribution in [3.05, 3.63) is 77.9 Å². The molecular formula is C20H12N4O. The van der Waals surface area contributed by atoms with E-state index in [-0.39, 0.29) is 16.9 Å². The lowest BCUT2D eigenvalue weighted by Crippen LogP contribution is -1.81. The number of azo groups is 1. The summed E-state index contributed by atoms with van der Waals surface area (Å²) in [5, 5.41) is 36.1. The van der Waals surface area contributed by atoms with Gasteiger partial charge in [-0.15, -0.1) is 5.11 Å². The molecule has 0 fully saturated rings. The van der Waals surface area contributed by atoms with Gasteiger partial charge in [0, 0.05) is 0 Å². The van der Waals surface area contributed by atoms with E-state index >= 15 is 0 Å². The van der Waals surface area contributed by atoms with Crippen LogP contribution < -0.4 is 0 Å². The van der Waals surface area contributed by atoms with Crippen LogP contribution in [0.15, 0.2) is 77.0 Å². The number of nitrogens with zero attached hydrogens (tertiary/aromatic N) is 4. The summed E-state index contributed by atoms with van der Waals surface area (Å²) < 4.78 is 0. The lowest BCUT2D eigenvalue weighted by molar-refractivity contribution is 0.476. The third-order valence-electron chi connectivity index (χ3n) is 3.60. The molecule has 0 atom stereocenters. The highest BCUT2D eigenvalue weighted by Gasteiger charge is 2.05. The highest BCUT2D eigenvalue weighted by molar-refractivity contribution is 5.70. The molecule has 0 unspecified atom stereocenters. The summed E-state index contributed by atoms with van der Waals surface area (Å²) in [5.41, 5.74) is 3.19. The van der Waals surface area contributed by atoms with Crippen molar-refractivity contribution in [3.63, 3.8) is 0 Å². The normalized spacial score (nSPS) is 10.3. The van der Waals surface area contributed by atoms with Crippen LogP contribution in [0.1, 0.15) is 11.1 Å². The van der Waals surface area contributed by atoms with Gasteiger partial charge in [0.2, 0.25) is 0 Å². The van der Waals surface area contributed by atoms with Crippen LogP contribution in [0.5, 0.6) is 5.75 Å². The van der Waals surface area contributed by atoms with Gasteiger partial charge in [-0.05, 0) is 41.5 Å². The molecule has 0 aliphatic heterocycles. The molecule has 0 amide bonds. The molecule has 0 heterocycles. The molecule has 3 aromatic rings. The summed E-state index contributed by atoms with van der Waals surface area (Å²) in [6, 6.07) is 23.3. The largest absolute Gasteiger partial charge is 0.506 e. The summed E-state index contributed by atoms with van der Waals surface area (Å²) >= 11 is 0. The Morgan fingerprint density at radius 1 is 0.720 bits per heavy atom. The molecule has 0 aromatic heterocycles. The van der Waals surface area contributed by atoms with Crippen molar-refractivity contribution in [2.75, 3.05) is 0 Å². The summed E-state index contributed by atoms with van der Waals surface area (Å²) in [4.78, 5) is 0.